The maximum atomic E-state index is 5.51. The van der Waals surface area contributed by atoms with Gasteiger partial charge < -0.3 is 5.73 Å². The lowest BCUT2D eigenvalue weighted by molar-refractivity contribution is 0.417. The van der Waals surface area contributed by atoms with Crippen molar-refractivity contribution in [3.05, 3.63) is 11.6 Å². The number of aryl methyl sites for hydroxylation is 1. The molecular formula is C11H20N4. The normalized spacial score (nSPS) is 18.3. The van der Waals surface area contributed by atoms with Crippen molar-refractivity contribution < 1.29 is 0 Å². The van der Waals surface area contributed by atoms with Gasteiger partial charge in [-0.2, -0.15) is 5.10 Å². The van der Waals surface area contributed by atoms with E-state index in [-0.39, 0.29) is 0 Å². The van der Waals surface area contributed by atoms with E-state index in [4.69, 9.17) is 5.73 Å². The van der Waals surface area contributed by atoms with Crippen LogP contribution in [0.15, 0.2) is 0 Å². The van der Waals surface area contributed by atoms with Gasteiger partial charge in [0, 0.05) is 19.4 Å². The van der Waals surface area contributed by atoms with Crippen LogP contribution in [0.25, 0.3) is 0 Å². The van der Waals surface area contributed by atoms with Crippen molar-refractivity contribution in [1.82, 2.24) is 14.8 Å². The molecule has 2 rings (SSSR count). The van der Waals surface area contributed by atoms with Crippen LogP contribution in [0, 0.1) is 0 Å². The van der Waals surface area contributed by atoms with Crippen molar-refractivity contribution in [2.45, 2.75) is 44.4 Å². The predicted molar refractivity (Wildman–Crippen MR) is 59.6 cm³/mol. The second-order valence-electron chi connectivity index (χ2n) is 4.38. The molecule has 1 aromatic rings. The van der Waals surface area contributed by atoms with Crippen LogP contribution in [0.1, 0.15) is 49.7 Å². The molecule has 1 aromatic heterocycles. The first-order valence-corrected chi connectivity index (χ1v) is 5.91. The van der Waals surface area contributed by atoms with Crippen LogP contribution >= 0.6 is 0 Å². The lowest BCUT2D eigenvalue weighted by Crippen LogP contribution is -2.10. The lowest BCUT2D eigenvalue weighted by atomic mass is 9.89. The van der Waals surface area contributed by atoms with Crippen molar-refractivity contribution in [2.24, 2.45) is 12.8 Å². The smallest absolute Gasteiger partial charge is 0.152 e. The van der Waals surface area contributed by atoms with E-state index in [9.17, 15) is 0 Å². The van der Waals surface area contributed by atoms with E-state index in [1.165, 1.54) is 32.1 Å². The molecule has 0 aliphatic heterocycles. The Balaban J connectivity index is 2.11. The van der Waals surface area contributed by atoms with Gasteiger partial charge in [-0.15, -0.1) is 0 Å². The molecule has 2 N–H and O–H groups in total. The molecule has 0 radical (unpaired) electrons. The van der Waals surface area contributed by atoms with Gasteiger partial charge in [-0.1, -0.05) is 19.3 Å². The third kappa shape index (κ3) is 2.37. The number of hydrogen-bond donors (Lipinski definition) is 1. The molecule has 4 heteroatoms. The SMILES string of the molecule is Cn1nc(CCN)nc1C1CCCCC1. The molecule has 0 aromatic carbocycles. The second kappa shape index (κ2) is 4.75. The van der Waals surface area contributed by atoms with Crippen molar-refractivity contribution >= 4 is 0 Å². The summed E-state index contributed by atoms with van der Waals surface area (Å²) >= 11 is 0. The fourth-order valence-electron chi connectivity index (χ4n) is 2.40. The molecule has 1 heterocycles. The van der Waals surface area contributed by atoms with Crippen LogP contribution in [-0.2, 0) is 13.5 Å². The first-order valence-electron chi connectivity index (χ1n) is 5.91. The van der Waals surface area contributed by atoms with E-state index in [1.807, 2.05) is 11.7 Å². The zero-order valence-corrected chi connectivity index (χ0v) is 9.45. The maximum absolute atomic E-state index is 5.51. The molecule has 0 amide bonds. The maximum Gasteiger partial charge on any atom is 0.152 e. The molecular weight excluding hydrogens is 188 g/mol. The molecule has 1 aliphatic carbocycles. The monoisotopic (exact) mass is 208 g/mol. The number of nitrogens with two attached hydrogens (primary N) is 1. The molecule has 1 aliphatic rings. The van der Waals surface area contributed by atoms with Gasteiger partial charge in [0.1, 0.15) is 5.82 Å². The highest BCUT2D eigenvalue weighted by molar-refractivity contribution is 5.01. The summed E-state index contributed by atoms with van der Waals surface area (Å²) in [5, 5.41) is 4.40. The van der Waals surface area contributed by atoms with Crippen LogP contribution in [0.5, 0.6) is 0 Å². The van der Waals surface area contributed by atoms with Gasteiger partial charge in [-0.3, -0.25) is 4.68 Å². The quantitative estimate of drug-likeness (QED) is 0.816. The van der Waals surface area contributed by atoms with E-state index in [1.54, 1.807) is 0 Å². The van der Waals surface area contributed by atoms with Crippen LogP contribution in [0.3, 0.4) is 0 Å². The van der Waals surface area contributed by atoms with Crippen molar-refractivity contribution in [3.63, 3.8) is 0 Å². The Morgan fingerprint density at radius 3 is 2.73 bits per heavy atom. The summed E-state index contributed by atoms with van der Waals surface area (Å²) in [6.07, 6.45) is 7.39. The van der Waals surface area contributed by atoms with E-state index in [2.05, 4.69) is 10.1 Å². The molecule has 1 saturated carbocycles. The highest BCUT2D eigenvalue weighted by atomic mass is 15.3. The van der Waals surface area contributed by atoms with Gasteiger partial charge in [0.25, 0.3) is 0 Å². The fourth-order valence-corrected chi connectivity index (χ4v) is 2.40. The van der Waals surface area contributed by atoms with E-state index in [0.29, 0.717) is 12.5 Å². The number of hydrogen-bond acceptors (Lipinski definition) is 3. The third-order valence-electron chi connectivity index (χ3n) is 3.18. The second-order valence-corrected chi connectivity index (χ2v) is 4.38. The van der Waals surface area contributed by atoms with Gasteiger partial charge in [-0.25, -0.2) is 4.98 Å². The summed E-state index contributed by atoms with van der Waals surface area (Å²) in [6.45, 7) is 0.633. The molecule has 0 saturated heterocycles. The van der Waals surface area contributed by atoms with Crippen LogP contribution in [0.4, 0.5) is 0 Å². The Hall–Kier alpha value is -0.900. The van der Waals surface area contributed by atoms with Gasteiger partial charge >= 0.3 is 0 Å². The Labute approximate surface area is 90.9 Å². The Bertz CT molecular complexity index is 312. The van der Waals surface area contributed by atoms with Crippen LogP contribution in [-0.4, -0.2) is 21.3 Å². The minimum atomic E-state index is 0.628. The molecule has 1 fully saturated rings. The number of nitrogens with zero attached hydrogens (tertiary/aromatic N) is 3. The molecule has 0 spiro atoms. The van der Waals surface area contributed by atoms with Crippen LogP contribution in [0.2, 0.25) is 0 Å². The Kier molecular flexibility index (Phi) is 3.36. The minimum absolute atomic E-state index is 0.628. The van der Waals surface area contributed by atoms with Crippen molar-refractivity contribution in [1.29, 1.82) is 0 Å². The minimum Gasteiger partial charge on any atom is -0.330 e. The Morgan fingerprint density at radius 1 is 1.33 bits per heavy atom. The highest BCUT2D eigenvalue weighted by Gasteiger charge is 2.20. The molecule has 15 heavy (non-hydrogen) atoms. The van der Waals surface area contributed by atoms with Gasteiger partial charge in [0.15, 0.2) is 5.82 Å². The molecule has 0 bridgehead atoms. The zero-order chi connectivity index (χ0) is 10.7. The van der Waals surface area contributed by atoms with E-state index < -0.39 is 0 Å². The lowest BCUT2D eigenvalue weighted by Gasteiger charge is -2.20. The van der Waals surface area contributed by atoms with Gasteiger partial charge in [-0.05, 0) is 19.4 Å². The van der Waals surface area contributed by atoms with Crippen molar-refractivity contribution in [3.8, 4) is 0 Å². The highest BCUT2D eigenvalue weighted by Crippen LogP contribution is 2.31. The first-order chi connectivity index (χ1) is 7.31. The number of aromatic nitrogens is 3. The molecule has 0 unspecified atom stereocenters. The largest absolute Gasteiger partial charge is 0.330 e. The summed E-state index contributed by atoms with van der Waals surface area (Å²) < 4.78 is 1.95. The molecule has 84 valence electrons. The summed E-state index contributed by atoms with van der Waals surface area (Å²) in [5.74, 6) is 2.70. The average Bonchev–Trinajstić information content (AvgIpc) is 2.61. The summed E-state index contributed by atoms with van der Waals surface area (Å²) in [5.41, 5.74) is 5.51. The Morgan fingerprint density at radius 2 is 2.07 bits per heavy atom. The van der Waals surface area contributed by atoms with Crippen molar-refractivity contribution in [2.75, 3.05) is 6.54 Å². The van der Waals surface area contributed by atoms with Gasteiger partial charge in [0.05, 0.1) is 0 Å². The average molecular weight is 208 g/mol. The molecule has 0 atom stereocenters. The fraction of sp³-hybridized carbons (Fsp3) is 0.818. The summed E-state index contributed by atoms with van der Waals surface area (Å²) in [6, 6.07) is 0. The zero-order valence-electron chi connectivity index (χ0n) is 9.45. The summed E-state index contributed by atoms with van der Waals surface area (Å²) in [7, 11) is 2.00. The van der Waals surface area contributed by atoms with E-state index >= 15 is 0 Å². The molecule has 4 nitrogen and oxygen atoms in total. The third-order valence-corrected chi connectivity index (χ3v) is 3.18. The van der Waals surface area contributed by atoms with Gasteiger partial charge in [0.2, 0.25) is 0 Å². The summed E-state index contributed by atoms with van der Waals surface area (Å²) in [4.78, 5) is 4.60. The topological polar surface area (TPSA) is 56.7 Å². The standard InChI is InChI=1S/C11H20N4/c1-15-11(9-5-3-2-4-6-9)13-10(14-15)7-8-12/h9H,2-8,12H2,1H3. The van der Waals surface area contributed by atoms with E-state index in [0.717, 1.165) is 18.1 Å². The predicted octanol–water partition coefficient (Wildman–Crippen LogP) is 1.36. The van der Waals surface area contributed by atoms with Crippen LogP contribution < -0.4 is 5.73 Å². The first kappa shape index (κ1) is 10.6. The number of rotatable bonds is 3.